The Hall–Kier alpha value is -3.13. The van der Waals surface area contributed by atoms with Crippen LogP contribution in [0.4, 0.5) is 5.69 Å². The molecule has 0 aliphatic heterocycles. The van der Waals surface area contributed by atoms with Gasteiger partial charge < -0.3 is 15.2 Å². The van der Waals surface area contributed by atoms with E-state index >= 15 is 0 Å². The van der Waals surface area contributed by atoms with Gasteiger partial charge in [0.1, 0.15) is 0 Å². The van der Waals surface area contributed by atoms with Crippen molar-refractivity contribution >= 4 is 29.3 Å². The Morgan fingerprint density at radius 3 is 2.26 bits per heavy atom. The van der Waals surface area contributed by atoms with Gasteiger partial charge in [0.2, 0.25) is 5.91 Å². The first-order valence-corrected chi connectivity index (χ1v) is 12.5. The third-order valence-corrected chi connectivity index (χ3v) is 6.57. The molecule has 1 atom stereocenters. The van der Waals surface area contributed by atoms with Crippen LogP contribution < -0.4 is 10.6 Å². The Bertz CT molecular complexity index is 1130. The minimum absolute atomic E-state index is 0.0925. The molecule has 0 aliphatic carbocycles. The van der Waals surface area contributed by atoms with Crippen molar-refractivity contribution in [2.45, 2.75) is 59.3 Å². The highest BCUT2D eigenvalue weighted by Crippen LogP contribution is 2.26. The Morgan fingerprint density at radius 2 is 1.68 bits per heavy atom. The lowest BCUT2D eigenvalue weighted by atomic mass is 10.0. The lowest BCUT2D eigenvalue weighted by Gasteiger charge is -2.22. The number of aryl methyl sites for hydroxylation is 3. The molecule has 0 radical (unpaired) electrons. The van der Waals surface area contributed by atoms with E-state index in [2.05, 4.69) is 33.0 Å². The van der Waals surface area contributed by atoms with Gasteiger partial charge in [-0.05, 0) is 56.9 Å². The topological polar surface area (TPSA) is 88.9 Å². The summed E-state index contributed by atoms with van der Waals surface area (Å²) in [6.45, 7) is 12.8. The highest BCUT2D eigenvalue weighted by atomic mass is 32.2. The molecule has 2 aromatic carbocycles. The summed E-state index contributed by atoms with van der Waals surface area (Å²) < 4.78 is 1.97. The fourth-order valence-electron chi connectivity index (χ4n) is 3.96. The molecule has 34 heavy (non-hydrogen) atoms. The van der Waals surface area contributed by atoms with E-state index in [-0.39, 0.29) is 29.5 Å². The van der Waals surface area contributed by atoms with Gasteiger partial charge in [-0.1, -0.05) is 61.5 Å². The largest absolute Gasteiger partial charge is 0.342 e. The highest BCUT2D eigenvalue weighted by molar-refractivity contribution is 7.99. The number of nitrogens with zero attached hydrogens (tertiary/aromatic N) is 3. The fourth-order valence-corrected chi connectivity index (χ4v) is 4.77. The predicted octanol–water partition coefficient (Wildman–Crippen LogP) is 5.08. The van der Waals surface area contributed by atoms with E-state index in [4.69, 9.17) is 0 Å². The number of anilines is 1. The van der Waals surface area contributed by atoms with Gasteiger partial charge in [0, 0.05) is 17.8 Å². The van der Waals surface area contributed by atoms with Crippen molar-refractivity contribution in [2.75, 3.05) is 11.1 Å². The number of thioether (sulfide) groups is 1. The van der Waals surface area contributed by atoms with E-state index in [0.717, 1.165) is 16.8 Å². The van der Waals surface area contributed by atoms with E-state index in [1.807, 2.05) is 64.3 Å². The minimum atomic E-state index is -0.304. The van der Waals surface area contributed by atoms with Crippen LogP contribution in [0.5, 0.6) is 0 Å². The summed E-state index contributed by atoms with van der Waals surface area (Å²) in [5.41, 5.74) is 4.72. The second-order valence-corrected chi connectivity index (χ2v) is 9.70. The Morgan fingerprint density at radius 1 is 1.03 bits per heavy atom. The zero-order chi connectivity index (χ0) is 24.8. The third-order valence-electron chi connectivity index (χ3n) is 5.60. The summed E-state index contributed by atoms with van der Waals surface area (Å²) in [6.07, 6.45) is 0. The number of nitrogens with one attached hydrogen (secondary N) is 2. The zero-order valence-corrected chi connectivity index (χ0v) is 21.5. The predicted molar refractivity (Wildman–Crippen MR) is 137 cm³/mol. The number of carbonyl (C=O) groups is 2. The van der Waals surface area contributed by atoms with Crippen LogP contribution in [0, 0.1) is 26.7 Å². The molecule has 2 amide bonds. The second kappa shape index (κ2) is 11.3. The van der Waals surface area contributed by atoms with Crippen molar-refractivity contribution in [2.24, 2.45) is 5.92 Å². The Labute approximate surface area is 205 Å². The molecule has 1 heterocycles. The van der Waals surface area contributed by atoms with Crippen LogP contribution in [0.25, 0.3) is 0 Å². The molecule has 0 fully saturated rings. The number of benzene rings is 2. The summed E-state index contributed by atoms with van der Waals surface area (Å²) in [4.78, 5) is 25.5. The zero-order valence-electron chi connectivity index (χ0n) is 20.7. The first kappa shape index (κ1) is 25.5. The molecule has 0 unspecified atom stereocenters. The van der Waals surface area contributed by atoms with Crippen LogP contribution in [0.1, 0.15) is 59.7 Å². The van der Waals surface area contributed by atoms with E-state index in [0.29, 0.717) is 23.1 Å². The van der Waals surface area contributed by atoms with E-state index < -0.39 is 0 Å². The molecule has 0 spiro atoms. The number of aromatic nitrogens is 3. The van der Waals surface area contributed by atoms with Gasteiger partial charge in [-0.15, -0.1) is 10.2 Å². The van der Waals surface area contributed by atoms with Crippen LogP contribution in [0.15, 0.2) is 47.6 Å². The summed E-state index contributed by atoms with van der Waals surface area (Å²) in [5, 5.41) is 15.5. The van der Waals surface area contributed by atoms with E-state index in [1.165, 1.54) is 17.3 Å². The van der Waals surface area contributed by atoms with E-state index in [1.54, 1.807) is 12.1 Å². The van der Waals surface area contributed by atoms with Gasteiger partial charge >= 0.3 is 0 Å². The summed E-state index contributed by atoms with van der Waals surface area (Å²) in [6, 6.07) is 13.0. The quantitative estimate of drug-likeness (QED) is 0.418. The third kappa shape index (κ3) is 6.05. The second-order valence-electron chi connectivity index (χ2n) is 8.76. The SMILES string of the molecule is CCn1c(SCC(=O)Nc2c(C)cc(C)cc2C)nnc1[C@@H](NC(=O)c1ccccc1)C(C)C. The number of hydrogen-bond acceptors (Lipinski definition) is 5. The standard InChI is InChI=1S/C26H33N5O2S/c1-7-31-24(22(16(2)3)28-25(33)20-11-9-8-10-12-20)29-30-26(31)34-15-21(32)27-23-18(5)13-17(4)14-19(23)6/h8-14,16,22H,7,15H2,1-6H3,(H,27,32)(H,28,33)/t22-/m0/s1. The van der Waals surface area contributed by atoms with Crippen LogP contribution in [0.2, 0.25) is 0 Å². The number of hydrogen-bond donors (Lipinski definition) is 2. The summed E-state index contributed by atoms with van der Waals surface area (Å²) in [7, 11) is 0. The minimum Gasteiger partial charge on any atom is -0.342 e. The molecule has 8 heteroatoms. The highest BCUT2D eigenvalue weighted by Gasteiger charge is 2.26. The summed E-state index contributed by atoms with van der Waals surface area (Å²) >= 11 is 1.34. The molecule has 0 saturated carbocycles. The monoisotopic (exact) mass is 479 g/mol. The van der Waals surface area contributed by atoms with Crippen molar-refractivity contribution in [1.29, 1.82) is 0 Å². The Kier molecular flexibility index (Phi) is 8.50. The first-order valence-electron chi connectivity index (χ1n) is 11.5. The van der Waals surface area contributed by atoms with Crippen LogP contribution in [-0.4, -0.2) is 32.3 Å². The molecule has 2 N–H and O–H groups in total. The maximum absolute atomic E-state index is 12.8. The smallest absolute Gasteiger partial charge is 0.251 e. The Balaban J connectivity index is 1.72. The van der Waals surface area contributed by atoms with Crippen molar-refractivity contribution in [1.82, 2.24) is 20.1 Å². The molecule has 180 valence electrons. The van der Waals surface area contributed by atoms with Gasteiger partial charge in [0.05, 0.1) is 11.8 Å². The maximum atomic E-state index is 12.8. The molecule has 0 aliphatic rings. The molecule has 3 aromatic rings. The number of carbonyl (C=O) groups excluding carboxylic acids is 2. The number of amides is 2. The molecular weight excluding hydrogens is 446 g/mol. The molecule has 0 saturated heterocycles. The maximum Gasteiger partial charge on any atom is 0.251 e. The van der Waals surface area contributed by atoms with Crippen molar-refractivity contribution in [3.63, 3.8) is 0 Å². The fraction of sp³-hybridized carbons (Fsp3) is 0.385. The molecule has 1 aromatic heterocycles. The molecular formula is C26H33N5O2S. The van der Waals surface area contributed by atoms with Crippen LogP contribution in [-0.2, 0) is 11.3 Å². The van der Waals surface area contributed by atoms with Crippen LogP contribution >= 0.6 is 11.8 Å². The van der Waals surface area contributed by atoms with E-state index in [9.17, 15) is 9.59 Å². The van der Waals surface area contributed by atoms with Crippen molar-refractivity contribution in [3.05, 3.63) is 70.5 Å². The van der Waals surface area contributed by atoms with Gasteiger partial charge in [0.25, 0.3) is 5.91 Å². The number of rotatable bonds is 9. The molecule has 0 bridgehead atoms. The average molecular weight is 480 g/mol. The molecule has 7 nitrogen and oxygen atoms in total. The summed E-state index contributed by atoms with van der Waals surface area (Å²) in [5.74, 6) is 0.770. The lowest BCUT2D eigenvalue weighted by Crippen LogP contribution is -2.33. The lowest BCUT2D eigenvalue weighted by molar-refractivity contribution is -0.113. The van der Waals surface area contributed by atoms with Gasteiger partial charge in [-0.3, -0.25) is 9.59 Å². The van der Waals surface area contributed by atoms with Gasteiger partial charge in [0.15, 0.2) is 11.0 Å². The van der Waals surface area contributed by atoms with Gasteiger partial charge in [-0.2, -0.15) is 0 Å². The molecule has 3 rings (SSSR count). The normalized spacial score (nSPS) is 12.0. The van der Waals surface area contributed by atoms with Crippen molar-refractivity contribution in [3.8, 4) is 0 Å². The van der Waals surface area contributed by atoms with Crippen molar-refractivity contribution < 1.29 is 9.59 Å². The van der Waals surface area contributed by atoms with Crippen LogP contribution in [0.3, 0.4) is 0 Å². The first-order chi connectivity index (χ1) is 16.2. The average Bonchev–Trinajstić information content (AvgIpc) is 3.21. The van der Waals surface area contributed by atoms with Gasteiger partial charge in [-0.25, -0.2) is 0 Å².